The topological polar surface area (TPSA) is 55.6 Å². The number of hydrogen-bond acceptors (Lipinski definition) is 3. The Kier molecular flexibility index (Phi) is 6.11. The lowest BCUT2D eigenvalue weighted by atomic mass is 9.89. The number of carbonyl (C=O) groups is 1. The fraction of sp³-hybridized carbons (Fsp3) is 0.933. The second-order valence-corrected chi connectivity index (χ2v) is 5.99. The number of ether oxygens (including phenoxy) is 1. The molecule has 2 aliphatic heterocycles. The van der Waals surface area contributed by atoms with Crippen molar-refractivity contribution in [2.24, 2.45) is 17.6 Å². The number of nitrogens with two attached hydrogens (primary N) is 1. The van der Waals surface area contributed by atoms with Crippen LogP contribution in [-0.2, 0) is 9.53 Å². The SMILES string of the molecule is NCC(CC1CCCOC1)C(=O)N1CCCCCC1. The van der Waals surface area contributed by atoms with E-state index >= 15 is 0 Å². The highest BCUT2D eigenvalue weighted by atomic mass is 16.5. The summed E-state index contributed by atoms with van der Waals surface area (Å²) in [6.45, 7) is 4.02. The van der Waals surface area contributed by atoms with Crippen molar-refractivity contribution in [2.45, 2.75) is 44.9 Å². The van der Waals surface area contributed by atoms with Crippen LogP contribution in [0.1, 0.15) is 44.9 Å². The van der Waals surface area contributed by atoms with Gasteiger partial charge < -0.3 is 15.4 Å². The van der Waals surface area contributed by atoms with Gasteiger partial charge in [0.2, 0.25) is 5.91 Å². The molecule has 2 heterocycles. The molecular weight excluding hydrogens is 240 g/mol. The van der Waals surface area contributed by atoms with Crippen LogP contribution in [-0.4, -0.2) is 43.7 Å². The van der Waals surface area contributed by atoms with Crippen molar-refractivity contribution in [2.75, 3.05) is 32.8 Å². The predicted octanol–water partition coefficient (Wildman–Crippen LogP) is 1.78. The summed E-state index contributed by atoms with van der Waals surface area (Å²) in [6, 6.07) is 0. The molecule has 0 bridgehead atoms. The van der Waals surface area contributed by atoms with Crippen LogP contribution in [0.3, 0.4) is 0 Å². The van der Waals surface area contributed by atoms with Crippen LogP contribution in [0.5, 0.6) is 0 Å². The minimum atomic E-state index is 0.00444. The molecule has 2 N–H and O–H groups in total. The second-order valence-electron chi connectivity index (χ2n) is 5.99. The molecular formula is C15H28N2O2. The number of amides is 1. The number of likely N-dealkylation sites (tertiary alicyclic amines) is 1. The Morgan fingerprint density at radius 1 is 1.21 bits per heavy atom. The zero-order valence-electron chi connectivity index (χ0n) is 12.0. The summed E-state index contributed by atoms with van der Waals surface area (Å²) in [4.78, 5) is 14.6. The number of hydrogen-bond donors (Lipinski definition) is 1. The summed E-state index contributed by atoms with van der Waals surface area (Å²) in [5.41, 5.74) is 5.85. The van der Waals surface area contributed by atoms with Gasteiger partial charge in [0.25, 0.3) is 0 Å². The molecule has 0 aromatic heterocycles. The molecule has 0 aliphatic carbocycles. The fourth-order valence-corrected chi connectivity index (χ4v) is 3.24. The fourth-order valence-electron chi connectivity index (χ4n) is 3.24. The van der Waals surface area contributed by atoms with Gasteiger partial charge >= 0.3 is 0 Å². The standard InChI is InChI=1S/C15H28N2O2/c16-11-14(10-13-6-5-9-19-12-13)15(18)17-7-3-1-2-4-8-17/h13-14H,1-12,16H2. The number of rotatable bonds is 4. The van der Waals surface area contributed by atoms with Crippen molar-refractivity contribution in [3.05, 3.63) is 0 Å². The highest BCUT2D eigenvalue weighted by Crippen LogP contribution is 2.23. The number of carbonyl (C=O) groups excluding carboxylic acids is 1. The highest BCUT2D eigenvalue weighted by molar-refractivity contribution is 5.79. The van der Waals surface area contributed by atoms with Gasteiger partial charge in [0.1, 0.15) is 0 Å². The Labute approximate surface area is 116 Å². The first kappa shape index (κ1) is 14.8. The van der Waals surface area contributed by atoms with Crippen LogP contribution in [0.15, 0.2) is 0 Å². The van der Waals surface area contributed by atoms with Gasteiger partial charge in [0.05, 0.1) is 5.92 Å². The maximum absolute atomic E-state index is 12.6. The normalized spacial score (nSPS) is 26.8. The van der Waals surface area contributed by atoms with E-state index in [2.05, 4.69) is 0 Å². The quantitative estimate of drug-likeness (QED) is 0.845. The molecule has 0 aromatic carbocycles. The van der Waals surface area contributed by atoms with Gasteiger partial charge in [-0.15, -0.1) is 0 Å². The third-order valence-corrected chi connectivity index (χ3v) is 4.42. The van der Waals surface area contributed by atoms with Crippen LogP contribution in [0.2, 0.25) is 0 Å². The second kappa shape index (κ2) is 7.85. The Hall–Kier alpha value is -0.610. The highest BCUT2D eigenvalue weighted by Gasteiger charge is 2.27. The summed E-state index contributed by atoms with van der Waals surface area (Å²) >= 11 is 0. The van der Waals surface area contributed by atoms with Crippen LogP contribution in [0.25, 0.3) is 0 Å². The van der Waals surface area contributed by atoms with Crippen molar-refractivity contribution in [1.82, 2.24) is 4.90 Å². The van der Waals surface area contributed by atoms with E-state index in [-0.39, 0.29) is 11.8 Å². The maximum atomic E-state index is 12.6. The van der Waals surface area contributed by atoms with E-state index in [1.807, 2.05) is 4.90 Å². The molecule has 0 aromatic rings. The lowest BCUT2D eigenvalue weighted by molar-refractivity contribution is -0.136. The Morgan fingerprint density at radius 2 is 1.95 bits per heavy atom. The van der Waals surface area contributed by atoms with Gasteiger partial charge in [-0.3, -0.25) is 4.79 Å². The van der Waals surface area contributed by atoms with Crippen LogP contribution < -0.4 is 5.73 Å². The van der Waals surface area contributed by atoms with Crippen LogP contribution in [0.4, 0.5) is 0 Å². The molecule has 2 atom stereocenters. The zero-order chi connectivity index (χ0) is 13.5. The molecule has 4 nitrogen and oxygen atoms in total. The lowest BCUT2D eigenvalue weighted by Gasteiger charge is -2.29. The van der Waals surface area contributed by atoms with E-state index in [9.17, 15) is 4.79 Å². The molecule has 0 radical (unpaired) electrons. The van der Waals surface area contributed by atoms with Crippen LogP contribution in [0, 0.1) is 11.8 Å². The van der Waals surface area contributed by atoms with Gasteiger partial charge in [-0.1, -0.05) is 12.8 Å². The van der Waals surface area contributed by atoms with E-state index in [4.69, 9.17) is 10.5 Å². The average molecular weight is 268 g/mol. The first-order chi connectivity index (χ1) is 9.31. The summed E-state index contributed by atoms with van der Waals surface area (Å²) in [6.07, 6.45) is 8.03. The summed E-state index contributed by atoms with van der Waals surface area (Å²) in [5.74, 6) is 0.818. The smallest absolute Gasteiger partial charge is 0.226 e. The average Bonchev–Trinajstić information content (AvgIpc) is 2.74. The molecule has 19 heavy (non-hydrogen) atoms. The van der Waals surface area contributed by atoms with E-state index in [0.717, 1.165) is 52.0 Å². The largest absolute Gasteiger partial charge is 0.381 e. The molecule has 2 rings (SSSR count). The molecule has 4 heteroatoms. The third-order valence-electron chi connectivity index (χ3n) is 4.42. The van der Waals surface area contributed by atoms with Gasteiger partial charge in [0.15, 0.2) is 0 Å². The predicted molar refractivity (Wildman–Crippen MR) is 75.8 cm³/mol. The molecule has 2 aliphatic rings. The van der Waals surface area contributed by atoms with Gasteiger partial charge in [0, 0.05) is 32.8 Å². The van der Waals surface area contributed by atoms with Crippen molar-refractivity contribution in [3.63, 3.8) is 0 Å². The van der Waals surface area contributed by atoms with Crippen molar-refractivity contribution < 1.29 is 9.53 Å². The van der Waals surface area contributed by atoms with Gasteiger partial charge in [-0.2, -0.15) is 0 Å². The van der Waals surface area contributed by atoms with Crippen molar-refractivity contribution in [3.8, 4) is 0 Å². The van der Waals surface area contributed by atoms with Crippen molar-refractivity contribution >= 4 is 5.91 Å². The van der Waals surface area contributed by atoms with E-state index < -0.39 is 0 Å². The minimum absolute atomic E-state index is 0.00444. The first-order valence-corrected chi connectivity index (χ1v) is 7.88. The summed E-state index contributed by atoms with van der Waals surface area (Å²) in [5, 5.41) is 0. The van der Waals surface area contributed by atoms with E-state index in [1.165, 1.54) is 19.3 Å². The molecule has 0 spiro atoms. The molecule has 1 amide bonds. The Balaban J connectivity index is 1.85. The maximum Gasteiger partial charge on any atom is 0.226 e. The van der Waals surface area contributed by atoms with Gasteiger partial charge in [-0.25, -0.2) is 0 Å². The molecule has 2 unspecified atom stereocenters. The van der Waals surface area contributed by atoms with Gasteiger partial charge in [-0.05, 0) is 38.0 Å². The van der Waals surface area contributed by atoms with E-state index in [1.54, 1.807) is 0 Å². The zero-order valence-corrected chi connectivity index (χ0v) is 12.0. The summed E-state index contributed by atoms with van der Waals surface area (Å²) in [7, 11) is 0. The first-order valence-electron chi connectivity index (χ1n) is 7.88. The minimum Gasteiger partial charge on any atom is -0.381 e. The van der Waals surface area contributed by atoms with Crippen molar-refractivity contribution in [1.29, 1.82) is 0 Å². The van der Waals surface area contributed by atoms with Crippen LogP contribution >= 0.6 is 0 Å². The molecule has 2 fully saturated rings. The molecule has 110 valence electrons. The Bertz CT molecular complexity index is 269. The Morgan fingerprint density at radius 3 is 2.53 bits per heavy atom. The monoisotopic (exact) mass is 268 g/mol. The molecule has 0 saturated carbocycles. The number of nitrogens with zero attached hydrogens (tertiary/aromatic N) is 1. The molecule has 2 saturated heterocycles. The summed E-state index contributed by atoms with van der Waals surface area (Å²) < 4.78 is 5.51. The lowest BCUT2D eigenvalue weighted by Crippen LogP contribution is -2.41. The van der Waals surface area contributed by atoms with E-state index in [0.29, 0.717) is 12.5 Å². The third kappa shape index (κ3) is 4.46.